The molecule has 9 heteroatoms. The quantitative estimate of drug-likeness (QED) is 0.331. The predicted molar refractivity (Wildman–Crippen MR) is 170 cm³/mol. The zero-order valence-corrected chi connectivity index (χ0v) is 25.4. The second kappa shape index (κ2) is 10.6. The Labute approximate surface area is 255 Å². The Balaban J connectivity index is 1.68. The first-order valence-electron chi connectivity index (χ1n) is 14.6. The van der Waals surface area contributed by atoms with Gasteiger partial charge in [0.1, 0.15) is 11.7 Å². The van der Waals surface area contributed by atoms with Crippen LogP contribution in [0.15, 0.2) is 132 Å². The Morgan fingerprint density at radius 1 is 0.977 bits per heavy atom. The Bertz CT molecular complexity index is 1850. The molecule has 1 saturated heterocycles. The average molecular weight is 591 g/mol. The van der Waals surface area contributed by atoms with Gasteiger partial charge in [-0.05, 0) is 62.1 Å². The molecule has 0 saturated carbocycles. The van der Waals surface area contributed by atoms with Crippen LogP contribution in [0.25, 0.3) is 0 Å². The van der Waals surface area contributed by atoms with E-state index in [1.54, 1.807) is 12.2 Å². The van der Waals surface area contributed by atoms with E-state index >= 15 is 0 Å². The molecule has 0 aromatic heterocycles. The van der Waals surface area contributed by atoms with Crippen LogP contribution in [0.3, 0.4) is 0 Å². The van der Waals surface area contributed by atoms with Crippen LogP contribution in [0.1, 0.15) is 40.5 Å². The number of carbonyl (C=O) groups excluding carboxylic acids is 1. The van der Waals surface area contributed by atoms with Crippen molar-refractivity contribution in [2.24, 2.45) is 32.7 Å². The van der Waals surface area contributed by atoms with E-state index in [1.807, 2.05) is 45.9 Å². The number of carboxylic acids is 1. The summed E-state index contributed by atoms with van der Waals surface area (Å²) < 4.78 is 5.16. The van der Waals surface area contributed by atoms with E-state index in [-0.39, 0.29) is 24.0 Å². The van der Waals surface area contributed by atoms with Crippen molar-refractivity contribution in [3.8, 4) is 0 Å². The summed E-state index contributed by atoms with van der Waals surface area (Å²) in [4.78, 5) is 39.8. The van der Waals surface area contributed by atoms with Gasteiger partial charge in [-0.2, -0.15) is 0 Å². The number of fused-ring (bicyclic) bond motifs is 5. The first-order valence-corrected chi connectivity index (χ1v) is 14.6. The lowest BCUT2D eigenvalue weighted by Crippen LogP contribution is -2.25. The van der Waals surface area contributed by atoms with Gasteiger partial charge in [-0.1, -0.05) is 32.2 Å². The summed E-state index contributed by atoms with van der Waals surface area (Å²) in [6.45, 7) is 15.9. The van der Waals surface area contributed by atoms with Gasteiger partial charge >= 0.3 is 11.9 Å². The van der Waals surface area contributed by atoms with E-state index in [1.165, 1.54) is 7.11 Å². The second-order valence-corrected chi connectivity index (χ2v) is 11.6. The van der Waals surface area contributed by atoms with Crippen molar-refractivity contribution in [2.45, 2.75) is 40.5 Å². The molecule has 6 aliphatic rings. The highest BCUT2D eigenvalue weighted by molar-refractivity contribution is 6.24. The molecule has 0 aromatic carbocycles. The van der Waals surface area contributed by atoms with Crippen molar-refractivity contribution in [2.75, 3.05) is 7.11 Å². The van der Waals surface area contributed by atoms with Gasteiger partial charge in [-0.25, -0.2) is 15.0 Å². The van der Waals surface area contributed by atoms with Crippen LogP contribution in [0.2, 0.25) is 0 Å². The standard InChI is InChI=1S/C35H34N4O5/c1-8-19-15(3)22-12-24-17(5)21(10-11-28(40)41)32(38-24)30-31(35(43)44-7)34(42)29-18(6)25(39-33(29)30)14-27-20(9-2)16(4)23(37-27)13-26(19)36-22/h8-9,12-14,17,21,31,38,42H,1-2,10-11H2,3-7H3,(H,40,41). The molecule has 0 radical (unpaired) electrons. The van der Waals surface area contributed by atoms with E-state index in [0.717, 1.165) is 45.1 Å². The maximum absolute atomic E-state index is 13.2. The van der Waals surface area contributed by atoms with Gasteiger partial charge in [0.15, 0.2) is 0 Å². The van der Waals surface area contributed by atoms with Crippen LogP contribution >= 0.6 is 0 Å². The van der Waals surface area contributed by atoms with Crippen molar-refractivity contribution in [3.63, 3.8) is 0 Å². The van der Waals surface area contributed by atoms with E-state index < -0.39 is 17.9 Å². The second-order valence-electron chi connectivity index (χ2n) is 11.6. The fourth-order valence-electron chi connectivity index (χ4n) is 6.83. The monoisotopic (exact) mass is 590 g/mol. The van der Waals surface area contributed by atoms with Crippen molar-refractivity contribution in [3.05, 3.63) is 117 Å². The van der Waals surface area contributed by atoms with E-state index in [2.05, 4.69) is 18.5 Å². The van der Waals surface area contributed by atoms with Crippen LogP contribution in [0.4, 0.5) is 0 Å². The fourth-order valence-corrected chi connectivity index (χ4v) is 6.83. The highest BCUT2D eigenvalue weighted by Crippen LogP contribution is 2.49. The van der Waals surface area contributed by atoms with Gasteiger partial charge in [0.2, 0.25) is 0 Å². The number of aliphatic carboxylic acids is 1. The molecule has 5 heterocycles. The van der Waals surface area contributed by atoms with Gasteiger partial charge in [0.05, 0.1) is 41.3 Å². The molecule has 1 aliphatic carbocycles. The smallest absolute Gasteiger partial charge is 0.321 e. The summed E-state index contributed by atoms with van der Waals surface area (Å²) in [5.74, 6) is -3.22. The van der Waals surface area contributed by atoms with Gasteiger partial charge < -0.3 is 20.3 Å². The average Bonchev–Trinajstić information content (AvgIpc) is 3.72. The summed E-state index contributed by atoms with van der Waals surface area (Å²) in [5, 5.41) is 24.7. The molecule has 1 fully saturated rings. The third-order valence-electron chi connectivity index (χ3n) is 9.30. The molecule has 6 rings (SSSR count). The number of aliphatic imine (C=N–C) groups is 3. The van der Waals surface area contributed by atoms with Gasteiger partial charge in [0, 0.05) is 51.9 Å². The van der Waals surface area contributed by atoms with Crippen LogP contribution in [0.5, 0.6) is 0 Å². The molecule has 3 N–H and O–H groups in total. The molecule has 0 aromatic rings. The summed E-state index contributed by atoms with van der Waals surface area (Å²) in [7, 11) is 1.28. The lowest BCUT2D eigenvalue weighted by Gasteiger charge is -2.20. The molecule has 3 atom stereocenters. The number of ether oxygens (including phenoxy) is 1. The Morgan fingerprint density at radius 3 is 2.18 bits per heavy atom. The largest absolute Gasteiger partial charge is 0.510 e. The lowest BCUT2D eigenvalue weighted by atomic mass is 9.84. The number of hydrogen-bond acceptors (Lipinski definition) is 8. The number of carboxylic acid groups (broad SMARTS) is 1. The number of aliphatic hydroxyl groups excluding tert-OH is 1. The number of nitrogens with one attached hydrogen (secondary N) is 1. The van der Waals surface area contributed by atoms with Crippen LogP contribution in [0, 0.1) is 17.8 Å². The first kappa shape index (κ1) is 29.0. The van der Waals surface area contributed by atoms with Crippen molar-refractivity contribution in [1.29, 1.82) is 0 Å². The fraction of sp³-hybridized carbons (Fsp3) is 0.286. The van der Waals surface area contributed by atoms with E-state index in [4.69, 9.17) is 19.7 Å². The Kier molecular flexibility index (Phi) is 6.99. The normalized spacial score (nSPS) is 25.5. The maximum Gasteiger partial charge on any atom is 0.321 e. The molecule has 0 amide bonds. The predicted octanol–water partition coefficient (Wildman–Crippen LogP) is 5.88. The Morgan fingerprint density at radius 2 is 1.59 bits per heavy atom. The van der Waals surface area contributed by atoms with Crippen molar-refractivity contribution < 1.29 is 24.5 Å². The number of hydrogen-bond donors (Lipinski definition) is 3. The summed E-state index contributed by atoms with van der Waals surface area (Å²) in [5.41, 5.74) is 10.8. The topological polar surface area (TPSA) is 133 Å². The number of esters is 1. The molecule has 44 heavy (non-hydrogen) atoms. The summed E-state index contributed by atoms with van der Waals surface area (Å²) in [6.07, 6.45) is 9.59. The molecule has 224 valence electrons. The number of rotatable bonds is 6. The van der Waals surface area contributed by atoms with Crippen molar-refractivity contribution in [1.82, 2.24) is 5.32 Å². The number of allylic oxidation sites excluding steroid dienone is 11. The van der Waals surface area contributed by atoms with E-state index in [0.29, 0.717) is 45.9 Å². The molecular formula is C35H34N4O5. The number of methoxy groups -OCH3 is 1. The molecule has 8 bridgehead atoms. The molecule has 5 aliphatic heterocycles. The minimum atomic E-state index is -1.10. The molecular weight excluding hydrogens is 556 g/mol. The summed E-state index contributed by atoms with van der Waals surface area (Å²) >= 11 is 0. The zero-order chi connectivity index (χ0) is 31.6. The van der Waals surface area contributed by atoms with Crippen LogP contribution < -0.4 is 5.32 Å². The minimum absolute atomic E-state index is 0.0689. The lowest BCUT2D eigenvalue weighted by molar-refractivity contribution is -0.143. The molecule has 9 nitrogen and oxygen atoms in total. The Hall–Kier alpha value is -5.05. The maximum atomic E-state index is 13.2. The molecule has 3 unspecified atom stereocenters. The summed E-state index contributed by atoms with van der Waals surface area (Å²) in [6, 6.07) is 0. The number of nitrogens with zero attached hydrogens (tertiary/aromatic N) is 3. The SMILES string of the molecule is C=CC1=C(C)C2=NC1=CC1=C(C)C3=C(O)C(C(=O)OC)C(=C4NC(=CC5=NC(=C2)C(C=C)=C5C)C(C)C4CCC(=O)O)C3=N1. The van der Waals surface area contributed by atoms with Crippen molar-refractivity contribution >= 4 is 29.1 Å². The third-order valence-corrected chi connectivity index (χ3v) is 9.30. The van der Waals surface area contributed by atoms with Crippen LogP contribution in [-0.4, -0.2) is 46.4 Å². The molecule has 0 spiro atoms. The minimum Gasteiger partial charge on any atom is -0.510 e. The van der Waals surface area contributed by atoms with Gasteiger partial charge in [-0.15, -0.1) is 0 Å². The van der Waals surface area contributed by atoms with E-state index in [9.17, 15) is 19.8 Å². The number of carbonyl (C=O) groups is 2. The third kappa shape index (κ3) is 4.25. The first-order chi connectivity index (χ1) is 21.0. The zero-order valence-electron chi connectivity index (χ0n) is 25.4. The number of aliphatic hydroxyl groups is 1. The van der Waals surface area contributed by atoms with Crippen LogP contribution in [-0.2, 0) is 14.3 Å². The van der Waals surface area contributed by atoms with Gasteiger partial charge in [0.25, 0.3) is 0 Å². The highest BCUT2D eigenvalue weighted by Gasteiger charge is 2.49. The van der Waals surface area contributed by atoms with Gasteiger partial charge in [-0.3, -0.25) is 9.59 Å². The highest BCUT2D eigenvalue weighted by atomic mass is 16.5.